The molecule has 0 radical (unpaired) electrons. The number of hydrogen-bond donors (Lipinski definition) is 1. The lowest BCUT2D eigenvalue weighted by atomic mass is 9.87. The summed E-state index contributed by atoms with van der Waals surface area (Å²) in [7, 11) is 0. The van der Waals surface area contributed by atoms with Gasteiger partial charge < -0.3 is 9.64 Å². The van der Waals surface area contributed by atoms with Crippen LogP contribution in [0, 0.1) is 5.41 Å². The molecule has 7 heteroatoms. The van der Waals surface area contributed by atoms with Gasteiger partial charge in [-0.2, -0.15) is 0 Å². The van der Waals surface area contributed by atoms with Crippen LogP contribution in [-0.2, 0) is 4.74 Å². The zero-order chi connectivity index (χ0) is 15.7. The molecule has 2 aliphatic rings. The van der Waals surface area contributed by atoms with E-state index >= 15 is 0 Å². The van der Waals surface area contributed by atoms with Crippen molar-refractivity contribution < 1.29 is 9.53 Å². The van der Waals surface area contributed by atoms with Crippen LogP contribution in [-0.4, -0.2) is 47.2 Å². The van der Waals surface area contributed by atoms with E-state index in [1.54, 1.807) is 12.4 Å². The van der Waals surface area contributed by atoms with E-state index in [-0.39, 0.29) is 11.4 Å². The average Bonchev–Trinajstić information content (AvgIpc) is 3.31. The van der Waals surface area contributed by atoms with Gasteiger partial charge in [-0.05, 0) is 25.0 Å². The zero-order valence-electron chi connectivity index (χ0n) is 12.7. The summed E-state index contributed by atoms with van der Waals surface area (Å²) >= 11 is 1.43. The number of carbonyl (C=O) groups excluding carboxylic acids is 1. The second-order valence-electron chi connectivity index (χ2n) is 6.18. The summed E-state index contributed by atoms with van der Waals surface area (Å²) in [4.78, 5) is 22.9. The van der Waals surface area contributed by atoms with Crippen molar-refractivity contribution in [2.24, 2.45) is 5.41 Å². The number of aromatic nitrogens is 2. The van der Waals surface area contributed by atoms with Gasteiger partial charge in [-0.3, -0.25) is 10.3 Å². The minimum absolute atomic E-state index is 0.0686. The van der Waals surface area contributed by atoms with E-state index in [4.69, 9.17) is 4.74 Å². The van der Waals surface area contributed by atoms with E-state index in [0.29, 0.717) is 5.13 Å². The average molecular weight is 330 g/mol. The maximum atomic E-state index is 12.4. The van der Waals surface area contributed by atoms with E-state index in [1.807, 2.05) is 22.4 Å². The molecular weight excluding hydrogens is 312 g/mol. The minimum atomic E-state index is -0.0686. The summed E-state index contributed by atoms with van der Waals surface area (Å²) in [5.74, 6) is 0. The van der Waals surface area contributed by atoms with Gasteiger partial charge in [-0.15, -0.1) is 11.3 Å². The first kappa shape index (κ1) is 14.6. The third-order valence-electron chi connectivity index (χ3n) is 4.59. The Morgan fingerprint density at radius 2 is 2.39 bits per heavy atom. The first-order valence-corrected chi connectivity index (χ1v) is 8.62. The lowest BCUT2D eigenvalue weighted by Crippen LogP contribution is -2.35. The maximum absolute atomic E-state index is 12.4. The van der Waals surface area contributed by atoms with Crippen LogP contribution >= 0.6 is 11.3 Å². The number of pyridine rings is 1. The highest BCUT2D eigenvalue weighted by atomic mass is 32.1. The van der Waals surface area contributed by atoms with Crippen molar-refractivity contribution in [3.05, 3.63) is 29.9 Å². The van der Waals surface area contributed by atoms with Crippen molar-refractivity contribution in [3.8, 4) is 11.3 Å². The van der Waals surface area contributed by atoms with E-state index < -0.39 is 0 Å². The molecule has 1 atom stereocenters. The number of nitrogens with zero attached hydrogens (tertiary/aromatic N) is 3. The first-order chi connectivity index (χ1) is 11.2. The number of thiazole rings is 1. The highest BCUT2D eigenvalue weighted by Gasteiger charge is 2.42. The van der Waals surface area contributed by atoms with E-state index in [1.165, 1.54) is 11.3 Å². The van der Waals surface area contributed by atoms with Gasteiger partial charge in [0.05, 0.1) is 12.3 Å². The lowest BCUT2D eigenvalue weighted by Gasteiger charge is -2.21. The molecule has 0 aromatic carbocycles. The predicted molar refractivity (Wildman–Crippen MR) is 88.4 cm³/mol. The molecule has 2 amide bonds. The SMILES string of the molecule is O=C(Nc1nc(-c2cccnc2)cs1)N1CCC2(CCOC2)C1. The van der Waals surface area contributed by atoms with Crippen molar-refractivity contribution in [3.63, 3.8) is 0 Å². The number of hydrogen-bond acceptors (Lipinski definition) is 5. The Hall–Kier alpha value is -1.99. The molecule has 2 saturated heterocycles. The summed E-state index contributed by atoms with van der Waals surface area (Å²) in [6.07, 6.45) is 5.58. The first-order valence-electron chi connectivity index (χ1n) is 7.74. The molecule has 6 nitrogen and oxygen atoms in total. The highest BCUT2D eigenvalue weighted by molar-refractivity contribution is 7.14. The second kappa shape index (κ2) is 5.90. The number of ether oxygens (including phenoxy) is 1. The van der Waals surface area contributed by atoms with Crippen LogP contribution in [0.15, 0.2) is 29.9 Å². The molecule has 4 rings (SSSR count). The molecule has 4 heterocycles. The van der Waals surface area contributed by atoms with Crippen molar-refractivity contribution >= 4 is 22.5 Å². The summed E-state index contributed by atoms with van der Waals surface area (Å²) in [6.45, 7) is 3.16. The molecule has 0 saturated carbocycles. The summed E-state index contributed by atoms with van der Waals surface area (Å²) in [5.41, 5.74) is 1.97. The monoisotopic (exact) mass is 330 g/mol. The zero-order valence-corrected chi connectivity index (χ0v) is 13.5. The van der Waals surface area contributed by atoms with Crippen molar-refractivity contribution in [1.29, 1.82) is 0 Å². The maximum Gasteiger partial charge on any atom is 0.323 e. The molecule has 1 unspecified atom stereocenters. The van der Waals surface area contributed by atoms with Gasteiger partial charge in [0.25, 0.3) is 0 Å². The van der Waals surface area contributed by atoms with Crippen molar-refractivity contribution in [1.82, 2.24) is 14.9 Å². The Morgan fingerprint density at radius 1 is 1.43 bits per heavy atom. The van der Waals surface area contributed by atoms with E-state index in [9.17, 15) is 4.79 Å². The lowest BCUT2D eigenvalue weighted by molar-refractivity contribution is 0.154. The largest absolute Gasteiger partial charge is 0.381 e. The van der Waals surface area contributed by atoms with Crippen LogP contribution in [0.3, 0.4) is 0 Å². The number of amides is 2. The molecule has 0 aliphatic carbocycles. The quantitative estimate of drug-likeness (QED) is 0.919. The third-order valence-corrected chi connectivity index (χ3v) is 5.34. The number of nitrogens with one attached hydrogen (secondary N) is 1. The third kappa shape index (κ3) is 2.94. The van der Waals surface area contributed by atoms with Gasteiger partial charge in [0.1, 0.15) is 0 Å². The van der Waals surface area contributed by atoms with Gasteiger partial charge in [0, 0.05) is 48.4 Å². The smallest absolute Gasteiger partial charge is 0.323 e. The van der Waals surface area contributed by atoms with Crippen molar-refractivity contribution in [2.75, 3.05) is 31.6 Å². The van der Waals surface area contributed by atoms with Gasteiger partial charge in [0.15, 0.2) is 5.13 Å². The highest BCUT2D eigenvalue weighted by Crippen LogP contribution is 2.38. The van der Waals surface area contributed by atoms with Crippen LogP contribution in [0.2, 0.25) is 0 Å². The fourth-order valence-corrected chi connectivity index (χ4v) is 3.94. The Kier molecular flexibility index (Phi) is 3.74. The number of rotatable bonds is 2. The minimum Gasteiger partial charge on any atom is -0.381 e. The molecule has 1 spiro atoms. The van der Waals surface area contributed by atoms with Crippen LogP contribution in [0.1, 0.15) is 12.8 Å². The van der Waals surface area contributed by atoms with E-state index in [0.717, 1.165) is 50.4 Å². The molecule has 2 aromatic rings. The molecule has 2 aromatic heterocycles. The number of anilines is 1. The summed E-state index contributed by atoms with van der Waals surface area (Å²) < 4.78 is 5.51. The van der Waals surface area contributed by atoms with Crippen LogP contribution < -0.4 is 5.32 Å². The predicted octanol–water partition coefficient (Wildman–Crippen LogP) is 2.85. The van der Waals surface area contributed by atoms with Gasteiger partial charge in [-0.25, -0.2) is 9.78 Å². The Balaban J connectivity index is 1.41. The topological polar surface area (TPSA) is 67.4 Å². The fraction of sp³-hybridized carbons (Fsp3) is 0.438. The summed E-state index contributed by atoms with van der Waals surface area (Å²) in [6, 6.07) is 3.76. The number of urea groups is 1. The normalized spacial score (nSPS) is 23.6. The molecule has 120 valence electrons. The van der Waals surface area contributed by atoms with Gasteiger partial charge in [0.2, 0.25) is 0 Å². The molecule has 23 heavy (non-hydrogen) atoms. The van der Waals surface area contributed by atoms with Gasteiger partial charge >= 0.3 is 6.03 Å². The Morgan fingerprint density at radius 3 is 3.17 bits per heavy atom. The fourth-order valence-electron chi connectivity index (χ4n) is 3.23. The number of carbonyl (C=O) groups is 1. The molecule has 0 bridgehead atoms. The number of likely N-dealkylation sites (tertiary alicyclic amines) is 1. The van der Waals surface area contributed by atoms with Crippen LogP contribution in [0.25, 0.3) is 11.3 Å². The molecular formula is C16H18N4O2S. The summed E-state index contributed by atoms with van der Waals surface area (Å²) in [5, 5.41) is 5.47. The van der Waals surface area contributed by atoms with Crippen LogP contribution in [0.5, 0.6) is 0 Å². The Labute approximate surface area is 138 Å². The molecule has 1 N–H and O–H groups in total. The van der Waals surface area contributed by atoms with Crippen molar-refractivity contribution in [2.45, 2.75) is 12.8 Å². The second-order valence-corrected chi connectivity index (χ2v) is 7.04. The standard InChI is InChI=1S/C16H18N4O2S/c21-15(20-6-3-16(10-20)4-7-22-11-16)19-14-18-13(9-23-14)12-2-1-5-17-8-12/h1-2,5,8-9H,3-4,6-7,10-11H2,(H,18,19,21). The molecule has 2 aliphatic heterocycles. The van der Waals surface area contributed by atoms with Gasteiger partial charge in [-0.1, -0.05) is 0 Å². The van der Waals surface area contributed by atoms with E-state index in [2.05, 4.69) is 15.3 Å². The Bertz CT molecular complexity index is 697. The molecule has 2 fully saturated rings. The van der Waals surface area contributed by atoms with Crippen LogP contribution in [0.4, 0.5) is 9.93 Å².